The van der Waals surface area contributed by atoms with Gasteiger partial charge in [-0.3, -0.25) is 24.0 Å². The smallest absolute Gasteiger partial charge is 0.251 e. The van der Waals surface area contributed by atoms with Crippen LogP contribution < -0.4 is 31.3 Å². The van der Waals surface area contributed by atoms with Crippen LogP contribution in [0.15, 0.2) is 24.3 Å². The van der Waals surface area contributed by atoms with Crippen molar-refractivity contribution >= 4 is 29.5 Å². The molecule has 30 atom stereocenters. The predicted octanol–water partition coefficient (Wildman–Crippen LogP) is -6.50. The average molecular weight is 1430 g/mol. The Bertz CT molecular complexity index is 2680. The minimum atomic E-state index is -2.06. The van der Waals surface area contributed by atoms with Crippen LogP contribution in [0.5, 0.6) is 5.75 Å². The molecule has 14 unspecified atom stereocenters. The molecule has 18 N–H and O–H groups in total. The van der Waals surface area contributed by atoms with E-state index < -0.39 is 246 Å². The zero-order valence-electron chi connectivity index (χ0n) is 56.4. The summed E-state index contributed by atoms with van der Waals surface area (Å²) >= 11 is 0. The number of methoxy groups -OCH3 is 1. The number of hydrogen-bond acceptors (Lipinski definition) is 31. The Labute approximate surface area is 572 Å². The highest BCUT2D eigenvalue weighted by molar-refractivity contribution is 5.94. The third kappa shape index (κ3) is 21.1. The maximum atomic E-state index is 14.0. The van der Waals surface area contributed by atoms with Crippen molar-refractivity contribution in [1.29, 1.82) is 0 Å². The highest BCUT2D eigenvalue weighted by Crippen LogP contribution is 2.37. The van der Waals surface area contributed by atoms with E-state index in [9.17, 15) is 90.4 Å². The number of carbonyl (C=O) groups is 5. The van der Waals surface area contributed by atoms with Crippen molar-refractivity contribution in [2.75, 3.05) is 46.8 Å². The Balaban J connectivity index is 1.07. The van der Waals surface area contributed by atoms with Gasteiger partial charge in [0, 0.05) is 40.4 Å². The Morgan fingerprint density at radius 3 is 1.27 bits per heavy atom. The molecule has 6 heterocycles. The Kier molecular flexibility index (Phi) is 32.0. The quantitative estimate of drug-likeness (QED) is 0.0291. The normalized spacial score (nSPS) is 39.5. The number of aliphatic hydroxyl groups is 13. The highest BCUT2D eigenvalue weighted by Gasteiger charge is 2.58. The van der Waals surface area contributed by atoms with Crippen LogP contribution >= 0.6 is 0 Å². The Morgan fingerprint density at radius 2 is 0.838 bits per heavy atom. The summed E-state index contributed by atoms with van der Waals surface area (Å²) in [5, 5.41) is 159. The molecule has 36 nitrogen and oxygen atoms in total. The second-order valence-electron chi connectivity index (χ2n) is 25.6. The van der Waals surface area contributed by atoms with E-state index in [0.717, 1.165) is 53.4 Å². The van der Waals surface area contributed by atoms with Crippen LogP contribution in [0.1, 0.15) is 110 Å². The number of benzene rings is 1. The third-order valence-corrected chi connectivity index (χ3v) is 18.2. The first-order valence-corrected chi connectivity index (χ1v) is 33.6. The minimum absolute atomic E-state index is 0.0622. The number of ether oxygens (including phenoxy) is 13. The fourth-order valence-corrected chi connectivity index (χ4v) is 13.0. The lowest BCUT2D eigenvalue weighted by Gasteiger charge is -2.51. The first kappa shape index (κ1) is 81.7. The SMILES string of the molecule is CCCCCCCCCCCOc1cccc(C(=O)NC2[C@H](O[C@H]3C(O)C(NC(C)=O)C(OC4C(CO)O[C@@H](O[C@H]5C(O)C(NC(C)=O)C(OC6C(CO[C@@H]7OC(C)C(O)[C@H](O)[C@H]7OC)O[C@@H](O)[C@@H](NC(C)=O)[C@H]6O)O[C@H]5CO)[C@@H](NC(C)=O)[C@H]4O)O[C@H]3CO)OC(CO)[C@@H](O)[C@@H]2O)c1. The van der Waals surface area contributed by atoms with Crippen LogP contribution in [0.2, 0.25) is 0 Å². The second-order valence-corrected chi connectivity index (χ2v) is 25.6. The van der Waals surface area contributed by atoms with Crippen molar-refractivity contribution in [1.82, 2.24) is 26.6 Å². The molecule has 0 saturated carbocycles. The molecule has 0 bridgehead atoms. The van der Waals surface area contributed by atoms with Gasteiger partial charge in [-0.25, -0.2) is 0 Å². The summed E-state index contributed by atoms with van der Waals surface area (Å²) in [7, 11) is 1.21. The maximum Gasteiger partial charge on any atom is 0.251 e. The summed E-state index contributed by atoms with van der Waals surface area (Å²) in [5.41, 5.74) is 0.0622. The van der Waals surface area contributed by atoms with E-state index in [1.807, 2.05) is 0 Å². The van der Waals surface area contributed by atoms with E-state index in [-0.39, 0.29) is 5.56 Å². The molecule has 1 aromatic carbocycles. The molecule has 99 heavy (non-hydrogen) atoms. The maximum absolute atomic E-state index is 14.0. The number of amides is 5. The third-order valence-electron chi connectivity index (χ3n) is 18.2. The number of aliphatic hydroxyl groups excluding tert-OH is 13. The molecular weight excluding hydrogens is 1320 g/mol. The van der Waals surface area contributed by atoms with Crippen LogP contribution in [0.3, 0.4) is 0 Å². The van der Waals surface area contributed by atoms with Gasteiger partial charge in [0.15, 0.2) is 37.7 Å². The number of unbranched alkanes of at least 4 members (excludes halogenated alkanes) is 8. The molecule has 566 valence electrons. The summed E-state index contributed by atoms with van der Waals surface area (Å²) in [5.74, 6) is -3.63. The summed E-state index contributed by atoms with van der Waals surface area (Å²) in [4.78, 5) is 65.1. The van der Waals surface area contributed by atoms with Crippen LogP contribution in [-0.2, 0) is 76.0 Å². The standard InChI is InChI=1S/C63H103N5O31/c1-8-9-10-11-12-13-14-15-16-20-88-33-19-17-18-32(21-33)57(85)68-40-46(79)45(78)34(22-69)92-59(40)96-52-35(23-70)93-60(41(48(52)81)65-29(4)74)97-53-36(24-71)94-61(42(49(53)82)66-30(5)75)98-54-37(25-72)95-62(43(50(54)83)67-31(6)76)99-55-38(91-58(86)39(47(55)80)64-28(3)73)26-89-63-56(87-7)51(84)44(77)27(2)90-63/h17-19,21,27,34-56,58-63,69-72,77-84,86H,8-16,20,22-26H2,1-7H3,(H,64,73)(H,65,74)(H,66,75)(H,67,76)(H,68,85)/t27?,34?,35-,36?,37-,38?,39-,40?,41?,42-,43?,44?,45+,46+,47+,48?,49+,50?,51-,52+,53?,54+,55?,56+,58+,59-,60?,61-,62?,63+/m0/s1. The van der Waals surface area contributed by atoms with E-state index in [0.29, 0.717) is 12.4 Å². The number of carbonyl (C=O) groups excluding carboxylic acids is 5. The van der Waals surface area contributed by atoms with Gasteiger partial charge in [-0.15, -0.1) is 0 Å². The Hall–Kier alpha value is -4.63. The largest absolute Gasteiger partial charge is 0.494 e. The number of nitrogens with one attached hydrogen (secondary N) is 5. The molecule has 0 aromatic heterocycles. The molecule has 0 spiro atoms. The van der Waals surface area contributed by atoms with Crippen molar-refractivity contribution in [3.05, 3.63) is 29.8 Å². The first-order chi connectivity index (χ1) is 47.2. The van der Waals surface area contributed by atoms with Gasteiger partial charge in [-0.1, -0.05) is 64.4 Å². The molecule has 1 aromatic rings. The summed E-state index contributed by atoms with van der Waals surface area (Å²) in [6.45, 7) is 3.61. The van der Waals surface area contributed by atoms with Gasteiger partial charge in [0.2, 0.25) is 23.6 Å². The molecule has 6 saturated heterocycles. The zero-order valence-corrected chi connectivity index (χ0v) is 56.4. The fraction of sp³-hybridized carbons (Fsp3) is 0.825. The van der Waals surface area contributed by atoms with E-state index >= 15 is 0 Å². The number of rotatable bonds is 33. The van der Waals surface area contributed by atoms with Crippen molar-refractivity contribution in [2.24, 2.45) is 0 Å². The van der Waals surface area contributed by atoms with E-state index in [1.54, 1.807) is 12.1 Å². The highest BCUT2D eigenvalue weighted by atomic mass is 16.8. The van der Waals surface area contributed by atoms with Gasteiger partial charge in [0.05, 0.1) is 45.7 Å². The van der Waals surface area contributed by atoms with E-state index in [2.05, 4.69) is 33.5 Å². The van der Waals surface area contributed by atoms with Crippen molar-refractivity contribution in [2.45, 2.75) is 283 Å². The first-order valence-electron chi connectivity index (χ1n) is 33.6. The zero-order chi connectivity index (χ0) is 72.5. The predicted molar refractivity (Wildman–Crippen MR) is 333 cm³/mol. The minimum Gasteiger partial charge on any atom is -0.494 e. The van der Waals surface area contributed by atoms with Gasteiger partial charge < -0.3 is 155 Å². The molecule has 6 aliphatic heterocycles. The molecule has 7 rings (SSSR count). The summed E-state index contributed by atoms with van der Waals surface area (Å²) in [6.07, 6.45) is -33.4. The average Bonchev–Trinajstić information content (AvgIpc) is 0.771. The van der Waals surface area contributed by atoms with Crippen molar-refractivity contribution in [3.8, 4) is 5.75 Å². The molecule has 0 radical (unpaired) electrons. The van der Waals surface area contributed by atoms with Crippen molar-refractivity contribution < 1.29 is 152 Å². The molecular formula is C63H103N5O31. The van der Waals surface area contributed by atoms with Crippen LogP contribution in [0, 0.1) is 0 Å². The number of hydrogen-bond donors (Lipinski definition) is 18. The van der Waals surface area contributed by atoms with Gasteiger partial charge in [-0.2, -0.15) is 0 Å². The van der Waals surface area contributed by atoms with Gasteiger partial charge >= 0.3 is 0 Å². The van der Waals surface area contributed by atoms with Gasteiger partial charge in [0.1, 0.15) is 146 Å². The summed E-state index contributed by atoms with van der Waals surface area (Å²) in [6, 6.07) is -2.38. The van der Waals surface area contributed by atoms with Crippen molar-refractivity contribution in [3.63, 3.8) is 0 Å². The van der Waals surface area contributed by atoms with Crippen LogP contribution in [-0.4, -0.2) is 327 Å². The fourth-order valence-electron chi connectivity index (χ4n) is 13.0. The molecule has 6 fully saturated rings. The van der Waals surface area contributed by atoms with Gasteiger partial charge in [-0.05, 0) is 31.5 Å². The molecule has 6 aliphatic rings. The Morgan fingerprint density at radius 1 is 0.434 bits per heavy atom. The lowest BCUT2D eigenvalue weighted by molar-refractivity contribution is -0.368. The molecule has 0 aliphatic carbocycles. The van der Waals surface area contributed by atoms with Crippen LogP contribution in [0.25, 0.3) is 0 Å². The topological polar surface area (TPSA) is 528 Å². The monoisotopic (exact) mass is 1430 g/mol. The second kappa shape index (κ2) is 38.8. The van der Waals surface area contributed by atoms with Gasteiger partial charge in [0.25, 0.3) is 5.91 Å². The van der Waals surface area contributed by atoms with E-state index in [1.165, 1.54) is 58.3 Å². The molecule has 5 amide bonds. The lowest BCUT2D eigenvalue weighted by atomic mass is 9.93. The summed E-state index contributed by atoms with van der Waals surface area (Å²) < 4.78 is 78.0. The molecule has 36 heteroatoms. The lowest BCUT2D eigenvalue weighted by Crippen LogP contribution is -2.72. The van der Waals surface area contributed by atoms with Crippen LogP contribution in [0.4, 0.5) is 0 Å². The van der Waals surface area contributed by atoms with E-state index in [4.69, 9.17) is 61.6 Å².